The molecular weight excluding hydrogens is 446 g/mol. The normalized spacial score (nSPS) is 13.2. The van der Waals surface area contributed by atoms with E-state index >= 15 is 0 Å². The molecular formula is C19H14Cl4N2OS. The first-order valence-electron chi connectivity index (χ1n) is 7.94. The first-order valence-corrected chi connectivity index (χ1v) is 9.92. The molecule has 1 aromatic heterocycles. The van der Waals surface area contributed by atoms with Crippen LogP contribution in [0.5, 0.6) is 0 Å². The molecule has 0 radical (unpaired) electrons. The molecule has 2 atom stereocenters. The van der Waals surface area contributed by atoms with E-state index in [1.165, 1.54) is 0 Å². The van der Waals surface area contributed by atoms with Gasteiger partial charge in [0.1, 0.15) is 5.50 Å². The first-order chi connectivity index (χ1) is 12.9. The lowest BCUT2D eigenvalue weighted by molar-refractivity contribution is 0.164. The van der Waals surface area contributed by atoms with Gasteiger partial charge in [-0.3, -0.25) is 0 Å². The molecule has 0 bridgehead atoms. The molecule has 0 aliphatic heterocycles. The third-order valence-electron chi connectivity index (χ3n) is 3.87. The molecule has 0 N–H and O–H groups in total. The average Bonchev–Trinajstić information content (AvgIpc) is 3.17. The van der Waals surface area contributed by atoms with E-state index in [9.17, 15) is 0 Å². The fourth-order valence-corrected chi connectivity index (χ4v) is 3.68. The topological polar surface area (TPSA) is 27.1 Å². The van der Waals surface area contributed by atoms with Crippen LogP contribution < -0.4 is 0 Å². The molecule has 140 valence electrons. The summed E-state index contributed by atoms with van der Waals surface area (Å²) in [6, 6.07) is 12.5. The van der Waals surface area contributed by atoms with Crippen molar-refractivity contribution < 1.29 is 4.74 Å². The second-order valence-corrected chi connectivity index (χ2v) is 7.94. The SMILES string of the molecule is S=C(Cc1ccc(Cl)cc1Cl)OC(c1ccc(Cl)cc1)C(Cl)n1ccnc1. The Morgan fingerprint density at radius 1 is 1.07 bits per heavy atom. The van der Waals surface area contributed by atoms with Crippen LogP contribution in [0.15, 0.2) is 61.2 Å². The summed E-state index contributed by atoms with van der Waals surface area (Å²) in [5.41, 5.74) is 1.12. The fraction of sp³-hybridized carbons (Fsp3) is 0.158. The zero-order valence-electron chi connectivity index (χ0n) is 13.9. The highest BCUT2D eigenvalue weighted by Crippen LogP contribution is 2.34. The first kappa shape index (κ1) is 20.4. The van der Waals surface area contributed by atoms with E-state index in [0.717, 1.165) is 11.1 Å². The molecule has 2 unspecified atom stereocenters. The summed E-state index contributed by atoms with van der Waals surface area (Å²) >= 11 is 30.3. The van der Waals surface area contributed by atoms with Crippen molar-refractivity contribution in [1.29, 1.82) is 0 Å². The minimum atomic E-state index is -0.549. The zero-order chi connectivity index (χ0) is 19.4. The molecule has 3 rings (SSSR count). The van der Waals surface area contributed by atoms with E-state index in [-0.39, 0.29) is 0 Å². The number of thiocarbonyl (C=S) groups is 1. The third-order valence-corrected chi connectivity index (χ3v) is 5.40. The maximum absolute atomic E-state index is 6.65. The molecule has 0 saturated heterocycles. The van der Waals surface area contributed by atoms with Crippen molar-refractivity contribution in [2.24, 2.45) is 0 Å². The number of alkyl halides is 1. The summed E-state index contributed by atoms with van der Waals surface area (Å²) in [6.07, 6.45) is 4.88. The van der Waals surface area contributed by atoms with Gasteiger partial charge in [-0.15, -0.1) is 0 Å². The van der Waals surface area contributed by atoms with E-state index in [1.807, 2.05) is 18.2 Å². The standard InChI is InChI=1S/C19H14Cl4N2OS/c20-14-4-1-12(2-5-14)18(19(23)25-8-7-24-11-25)26-17(27)9-13-3-6-15(21)10-16(13)22/h1-8,10-11,18-19H,9H2. The van der Waals surface area contributed by atoms with Crippen LogP contribution in [0.4, 0.5) is 0 Å². The summed E-state index contributed by atoms with van der Waals surface area (Å²) in [5, 5.41) is 2.09. The molecule has 0 amide bonds. The largest absolute Gasteiger partial charge is 0.475 e. The Bertz CT molecular complexity index is 916. The molecule has 8 heteroatoms. The maximum Gasteiger partial charge on any atom is 0.165 e. The number of hydrogen-bond donors (Lipinski definition) is 0. The number of halogens is 4. The number of aromatic nitrogens is 2. The maximum atomic E-state index is 6.65. The molecule has 0 saturated carbocycles. The van der Waals surface area contributed by atoms with Gasteiger partial charge in [-0.2, -0.15) is 0 Å². The smallest absolute Gasteiger partial charge is 0.165 e. The van der Waals surface area contributed by atoms with Crippen molar-refractivity contribution in [3.05, 3.63) is 87.4 Å². The molecule has 0 fully saturated rings. The van der Waals surface area contributed by atoms with Gasteiger partial charge in [-0.1, -0.05) is 64.6 Å². The van der Waals surface area contributed by atoms with Gasteiger partial charge in [0, 0.05) is 33.9 Å². The summed E-state index contributed by atoms with van der Waals surface area (Å²) in [5.74, 6) is 0. The highest BCUT2D eigenvalue weighted by atomic mass is 35.5. The zero-order valence-corrected chi connectivity index (χ0v) is 17.7. The third kappa shape index (κ3) is 5.37. The predicted octanol–water partition coefficient (Wildman–Crippen LogP) is 6.91. The summed E-state index contributed by atoms with van der Waals surface area (Å²) in [7, 11) is 0. The van der Waals surface area contributed by atoms with Crippen LogP contribution >= 0.6 is 58.6 Å². The minimum absolute atomic E-state index is 0.364. The van der Waals surface area contributed by atoms with Crippen molar-refractivity contribution in [1.82, 2.24) is 9.55 Å². The summed E-state index contributed by atoms with van der Waals surface area (Å²) < 4.78 is 7.82. The number of ether oxygens (including phenoxy) is 1. The number of imidazole rings is 1. The second kappa shape index (κ2) is 9.26. The molecule has 0 spiro atoms. The lowest BCUT2D eigenvalue weighted by Crippen LogP contribution is -2.19. The van der Waals surface area contributed by atoms with Crippen molar-refractivity contribution in [2.75, 3.05) is 0 Å². The lowest BCUT2D eigenvalue weighted by Gasteiger charge is -2.25. The molecule has 0 aliphatic carbocycles. The molecule has 27 heavy (non-hydrogen) atoms. The van der Waals surface area contributed by atoms with Crippen LogP contribution in [-0.2, 0) is 11.2 Å². The monoisotopic (exact) mass is 458 g/mol. The van der Waals surface area contributed by atoms with Gasteiger partial charge in [0.25, 0.3) is 0 Å². The lowest BCUT2D eigenvalue weighted by atomic mass is 10.1. The van der Waals surface area contributed by atoms with Crippen molar-refractivity contribution in [3.63, 3.8) is 0 Å². The van der Waals surface area contributed by atoms with Gasteiger partial charge in [0.05, 0.1) is 6.33 Å². The number of hydrogen-bond acceptors (Lipinski definition) is 3. The Labute approximate surface area is 182 Å². The van der Waals surface area contributed by atoms with Crippen molar-refractivity contribution >= 4 is 63.7 Å². The second-order valence-electron chi connectivity index (χ2n) is 5.76. The molecule has 3 nitrogen and oxygen atoms in total. The van der Waals surface area contributed by atoms with Gasteiger partial charge in [-0.25, -0.2) is 4.98 Å². The van der Waals surface area contributed by atoms with Crippen LogP contribution in [0.1, 0.15) is 22.7 Å². The van der Waals surface area contributed by atoms with E-state index < -0.39 is 11.6 Å². The van der Waals surface area contributed by atoms with Crippen LogP contribution in [-0.4, -0.2) is 14.6 Å². The summed E-state index contributed by atoms with van der Waals surface area (Å²) in [6.45, 7) is 0. The van der Waals surface area contributed by atoms with Crippen molar-refractivity contribution in [2.45, 2.75) is 18.0 Å². The molecule has 0 aliphatic rings. The number of rotatable bonds is 6. The molecule has 3 aromatic rings. The number of benzene rings is 2. The van der Waals surface area contributed by atoms with Gasteiger partial charge in [0.15, 0.2) is 11.2 Å². The van der Waals surface area contributed by atoms with E-state index in [2.05, 4.69) is 4.98 Å². The Morgan fingerprint density at radius 2 is 1.78 bits per heavy atom. The highest BCUT2D eigenvalue weighted by Gasteiger charge is 2.26. The van der Waals surface area contributed by atoms with Crippen LogP contribution in [0.3, 0.4) is 0 Å². The average molecular weight is 460 g/mol. The van der Waals surface area contributed by atoms with E-state index in [1.54, 1.807) is 47.6 Å². The van der Waals surface area contributed by atoms with E-state index in [0.29, 0.717) is 26.5 Å². The van der Waals surface area contributed by atoms with Crippen LogP contribution in [0.25, 0.3) is 0 Å². The molecule has 1 heterocycles. The van der Waals surface area contributed by atoms with Gasteiger partial charge < -0.3 is 9.30 Å². The quantitative estimate of drug-likeness (QED) is 0.296. The van der Waals surface area contributed by atoms with Crippen LogP contribution in [0.2, 0.25) is 15.1 Å². The van der Waals surface area contributed by atoms with E-state index in [4.69, 9.17) is 63.4 Å². The highest BCUT2D eigenvalue weighted by molar-refractivity contribution is 7.80. The predicted molar refractivity (Wildman–Crippen MR) is 115 cm³/mol. The Balaban J connectivity index is 1.82. The fourth-order valence-electron chi connectivity index (χ4n) is 2.51. The van der Waals surface area contributed by atoms with Gasteiger partial charge >= 0.3 is 0 Å². The minimum Gasteiger partial charge on any atom is -0.475 e. The Morgan fingerprint density at radius 3 is 2.41 bits per heavy atom. The summed E-state index contributed by atoms with van der Waals surface area (Å²) in [4.78, 5) is 4.04. The van der Waals surface area contributed by atoms with Crippen LogP contribution in [0, 0.1) is 0 Å². The number of nitrogens with zero attached hydrogens (tertiary/aromatic N) is 2. The Hall–Kier alpha value is -1.30. The van der Waals surface area contributed by atoms with Gasteiger partial charge in [0.2, 0.25) is 0 Å². The Kier molecular flexibility index (Phi) is 7.01. The molecule has 2 aromatic carbocycles. The van der Waals surface area contributed by atoms with Gasteiger partial charge in [-0.05, 0) is 47.6 Å². The van der Waals surface area contributed by atoms with Crippen molar-refractivity contribution in [3.8, 4) is 0 Å².